The number of hydrogen-bond acceptors (Lipinski definition) is 4. The summed E-state index contributed by atoms with van der Waals surface area (Å²) in [7, 11) is 2.95. The Morgan fingerprint density at radius 3 is 1.59 bits per heavy atom. The molecular formula is C11H14O6. The minimum atomic E-state index is -1.00. The lowest BCUT2D eigenvalue weighted by atomic mass is 10.2. The zero-order valence-corrected chi connectivity index (χ0v) is 9.76. The average molecular weight is 242 g/mol. The van der Waals surface area contributed by atoms with Crippen LogP contribution in [0.4, 0.5) is 0 Å². The molecule has 0 saturated carbocycles. The van der Waals surface area contributed by atoms with Crippen LogP contribution in [0, 0.1) is 0 Å². The molecule has 0 amide bonds. The van der Waals surface area contributed by atoms with Gasteiger partial charge < -0.3 is 19.7 Å². The summed E-state index contributed by atoms with van der Waals surface area (Å²) >= 11 is 0. The van der Waals surface area contributed by atoms with Crippen LogP contribution >= 0.6 is 0 Å². The molecule has 0 fully saturated rings. The van der Waals surface area contributed by atoms with Crippen LogP contribution < -0.4 is 9.47 Å². The molecule has 0 heterocycles. The number of rotatable bonds is 3. The number of aromatic carboxylic acids is 1. The van der Waals surface area contributed by atoms with E-state index >= 15 is 0 Å². The first-order valence-corrected chi connectivity index (χ1v) is 4.56. The standard InChI is InChI=1S/C9H10O4.C2H4O2/c1-12-7-3-6(9(10)11)4-8(5-7)13-2;1-2(3)4/h3-5H,1-2H3,(H,10,11);1H3,(H,3,4). The van der Waals surface area contributed by atoms with Crippen molar-refractivity contribution in [2.45, 2.75) is 6.92 Å². The number of carboxylic acid groups (broad SMARTS) is 2. The molecule has 6 nitrogen and oxygen atoms in total. The minimum absolute atomic E-state index is 0.149. The third-order valence-electron chi connectivity index (χ3n) is 1.60. The average Bonchev–Trinajstić information content (AvgIpc) is 2.27. The van der Waals surface area contributed by atoms with Gasteiger partial charge in [0.25, 0.3) is 5.97 Å². The molecular weight excluding hydrogens is 228 g/mol. The van der Waals surface area contributed by atoms with E-state index in [0.29, 0.717) is 11.5 Å². The van der Waals surface area contributed by atoms with Gasteiger partial charge in [0.1, 0.15) is 11.5 Å². The van der Waals surface area contributed by atoms with Crippen molar-refractivity contribution in [2.75, 3.05) is 14.2 Å². The van der Waals surface area contributed by atoms with Crippen molar-refractivity contribution in [1.82, 2.24) is 0 Å². The monoisotopic (exact) mass is 242 g/mol. The largest absolute Gasteiger partial charge is 0.497 e. The van der Waals surface area contributed by atoms with Crippen LogP contribution in [0.1, 0.15) is 17.3 Å². The lowest BCUT2D eigenvalue weighted by Gasteiger charge is -2.05. The molecule has 1 aromatic rings. The maximum Gasteiger partial charge on any atom is 0.335 e. The zero-order chi connectivity index (χ0) is 13.4. The number of aliphatic carboxylic acids is 1. The number of carbonyl (C=O) groups is 2. The molecule has 0 spiro atoms. The Hall–Kier alpha value is -2.24. The number of benzene rings is 1. The molecule has 0 unspecified atom stereocenters. The third-order valence-corrected chi connectivity index (χ3v) is 1.60. The zero-order valence-electron chi connectivity index (χ0n) is 9.76. The van der Waals surface area contributed by atoms with Gasteiger partial charge in [0, 0.05) is 13.0 Å². The van der Waals surface area contributed by atoms with Crippen LogP contribution in [-0.2, 0) is 4.79 Å². The second-order valence-corrected chi connectivity index (χ2v) is 2.93. The summed E-state index contributed by atoms with van der Waals surface area (Å²) in [5.74, 6) is -0.897. The molecule has 0 aliphatic carbocycles. The Labute approximate surface area is 98.4 Å². The molecule has 0 aromatic heterocycles. The van der Waals surface area contributed by atoms with Crippen LogP contribution in [0.15, 0.2) is 18.2 Å². The van der Waals surface area contributed by atoms with E-state index in [1.807, 2.05) is 0 Å². The van der Waals surface area contributed by atoms with Crippen molar-refractivity contribution >= 4 is 11.9 Å². The number of carboxylic acids is 2. The molecule has 0 aliphatic heterocycles. The first-order chi connectivity index (χ1) is 7.90. The highest BCUT2D eigenvalue weighted by Gasteiger charge is 2.07. The van der Waals surface area contributed by atoms with Gasteiger partial charge in [0.2, 0.25) is 0 Å². The molecule has 1 aromatic carbocycles. The molecule has 0 saturated heterocycles. The Balaban J connectivity index is 0.000000557. The summed E-state index contributed by atoms with van der Waals surface area (Å²) in [5, 5.41) is 16.1. The van der Waals surface area contributed by atoms with Crippen molar-refractivity contribution in [3.63, 3.8) is 0 Å². The first kappa shape index (κ1) is 14.8. The van der Waals surface area contributed by atoms with Gasteiger partial charge in [-0.25, -0.2) is 4.79 Å². The molecule has 94 valence electrons. The number of ether oxygens (including phenoxy) is 2. The SMILES string of the molecule is CC(=O)O.COc1cc(OC)cc(C(=O)O)c1. The van der Waals surface area contributed by atoms with Gasteiger partial charge in [-0.05, 0) is 12.1 Å². The van der Waals surface area contributed by atoms with E-state index in [9.17, 15) is 4.79 Å². The van der Waals surface area contributed by atoms with Crippen LogP contribution in [-0.4, -0.2) is 36.4 Å². The Kier molecular flexibility index (Phi) is 6.17. The van der Waals surface area contributed by atoms with Crippen LogP contribution in [0.3, 0.4) is 0 Å². The summed E-state index contributed by atoms with van der Waals surface area (Å²) in [6.07, 6.45) is 0. The van der Waals surface area contributed by atoms with Crippen LogP contribution in [0.5, 0.6) is 11.5 Å². The highest BCUT2D eigenvalue weighted by atomic mass is 16.5. The molecule has 17 heavy (non-hydrogen) atoms. The van der Waals surface area contributed by atoms with Gasteiger partial charge in [-0.15, -0.1) is 0 Å². The topological polar surface area (TPSA) is 93.1 Å². The molecule has 0 atom stereocenters. The van der Waals surface area contributed by atoms with Crippen molar-refractivity contribution in [3.05, 3.63) is 23.8 Å². The van der Waals surface area contributed by atoms with Gasteiger partial charge in [-0.3, -0.25) is 4.79 Å². The highest BCUT2D eigenvalue weighted by molar-refractivity contribution is 5.88. The van der Waals surface area contributed by atoms with Gasteiger partial charge >= 0.3 is 5.97 Å². The molecule has 1 rings (SSSR count). The van der Waals surface area contributed by atoms with Gasteiger partial charge in [-0.2, -0.15) is 0 Å². The second kappa shape index (κ2) is 7.10. The molecule has 6 heteroatoms. The summed E-state index contributed by atoms with van der Waals surface area (Å²) in [5.41, 5.74) is 0.149. The van der Waals surface area contributed by atoms with E-state index in [2.05, 4.69) is 0 Å². The van der Waals surface area contributed by atoms with Gasteiger partial charge in [0.05, 0.1) is 19.8 Å². The molecule has 2 N–H and O–H groups in total. The predicted molar refractivity (Wildman–Crippen MR) is 59.8 cm³/mol. The fraction of sp³-hybridized carbons (Fsp3) is 0.273. The molecule has 0 bridgehead atoms. The second-order valence-electron chi connectivity index (χ2n) is 2.93. The quantitative estimate of drug-likeness (QED) is 0.834. The summed E-state index contributed by atoms with van der Waals surface area (Å²) in [6.45, 7) is 1.08. The molecule has 0 aliphatic rings. The summed E-state index contributed by atoms with van der Waals surface area (Å²) in [6, 6.07) is 4.49. The van der Waals surface area contributed by atoms with Crippen molar-refractivity contribution in [3.8, 4) is 11.5 Å². The Morgan fingerprint density at radius 1 is 1.00 bits per heavy atom. The van der Waals surface area contributed by atoms with E-state index in [0.717, 1.165) is 6.92 Å². The Morgan fingerprint density at radius 2 is 1.35 bits per heavy atom. The smallest absolute Gasteiger partial charge is 0.335 e. The normalized spacial score (nSPS) is 8.65. The molecule has 0 radical (unpaired) electrons. The number of methoxy groups -OCH3 is 2. The predicted octanol–water partition coefficient (Wildman–Crippen LogP) is 1.49. The van der Waals surface area contributed by atoms with Crippen molar-refractivity contribution in [1.29, 1.82) is 0 Å². The fourth-order valence-electron chi connectivity index (χ4n) is 0.931. The van der Waals surface area contributed by atoms with Crippen LogP contribution in [0.2, 0.25) is 0 Å². The minimum Gasteiger partial charge on any atom is -0.497 e. The third kappa shape index (κ3) is 6.03. The highest BCUT2D eigenvalue weighted by Crippen LogP contribution is 2.22. The van der Waals surface area contributed by atoms with Crippen molar-refractivity contribution in [2.24, 2.45) is 0 Å². The van der Waals surface area contributed by atoms with Gasteiger partial charge in [-0.1, -0.05) is 0 Å². The number of hydrogen-bond donors (Lipinski definition) is 2. The van der Waals surface area contributed by atoms with E-state index < -0.39 is 11.9 Å². The Bertz CT molecular complexity index is 373. The maximum atomic E-state index is 10.6. The summed E-state index contributed by atoms with van der Waals surface area (Å²) < 4.78 is 9.81. The lowest BCUT2D eigenvalue weighted by Crippen LogP contribution is -1.98. The lowest BCUT2D eigenvalue weighted by molar-refractivity contribution is -0.134. The van der Waals surface area contributed by atoms with E-state index in [1.165, 1.54) is 26.4 Å². The van der Waals surface area contributed by atoms with E-state index in [-0.39, 0.29) is 5.56 Å². The summed E-state index contributed by atoms with van der Waals surface area (Å²) in [4.78, 5) is 19.6. The van der Waals surface area contributed by atoms with Gasteiger partial charge in [0.15, 0.2) is 0 Å². The fourth-order valence-corrected chi connectivity index (χ4v) is 0.931. The van der Waals surface area contributed by atoms with E-state index in [1.54, 1.807) is 6.07 Å². The van der Waals surface area contributed by atoms with E-state index in [4.69, 9.17) is 24.5 Å². The van der Waals surface area contributed by atoms with Crippen LogP contribution in [0.25, 0.3) is 0 Å². The first-order valence-electron chi connectivity index (χ1n) is 4.56. The maximum absolute atomic E-state index is 10.6. The van der Waals surface area contributed by atoms with Crippen molar-refractivity contribution < 1.29 is 29.3 Å².